The molecule has 4 heterocycles. The van der Waals surface area contributed by atoms with Crippen molar-refractivity contribution in [3.8, 4) is 16.3 Å². The van der Waals surface area contributed by atoms with E-state index in [1.807, 2.05) is 0 Å². The molecule has 6 nitrogen and oxygen atoms in total. The lowest BCUT2D eigenvalue weighted by molar-refractivity contribution is 0.122. The number of hydrogen-bond acceptors (Lipinski definition) is 8. The molecule has 0 saturated carbocycles. The lowest BCUT2D eigenvalue weighted by Gasteiger charge is -2.28. The summed E-state index contributed by atoms with van der Waals surface area (Å²) in [6.07, 6.45) is 0. The third kappa shape index (κ3) is 4.15. The first-order chi connectivity index (χ1) is 14.8. The Morgan fingerprint density at radius 1 is 1.13 bits per heavy atom. The minimum atomic E-state index is 0.716. The SMILES string of the molecule is Cc1cccc(-n2c(SCc3csc(-c4ccsc4)n3)nnc2N2CCOCC2)c1. The summed E-state index contributed by atoms with van der Waals surface area (Å²) in [5, 5.41) is 17.4. The largest absolute Gasteiger partial charge is 0.378 e. The summed E-state index contributed by atoms with van der Waals surface area (Å²) >= 11 is 5.06. The van der Waals surface area contributed by atoms with E-state index >= 15 is 0 Å². The molecule has 0 spiro atoms. The Bertz CT molecular complexity index is 1120. The van der Waals surface area contributed by atoms with Crippen LogP contribution < -0.4 is 4.90 Å². The molecule has 1 fully saturated rings. The van der Waals surface area contributed by atoms with E-state index in [0.29, 0.717) is 13.2 Å². The van der Waals surface area contributed by atoms with Crippen molar-refractivity contribution in [1.29, 1.82) is 0 Å². The highest BCUT2D eigenvalue weighted by Gasteiger charge is 2.22. The van der Waals surface area contributed by atoms with Gasteiger partial charge in [0, 0.05) is 35.2 Å². The number of hydrogen-bond donors (Lipinski definition) is 0. The second-order valence-electron chi connectivity index (χ2n) is 7.00. The maximum atomic E-state index is 5.52. The molecule has 0 N–H and O–H groups in total. The number of thiophene rings is 1. The molecule has 0 aliphatic carbocycles. The predicted octanol–water partition coefficient (Wildman–Crippen LogP) is 4.89. The second-order valence-corrected chi connectivity index (χ2v) is 9.58. The fraction of sp³-hybridized carbons (Fsp3) is 0.286. The first-order valence-electron chi connectivity index (χ1n) is 9.73. The van der Waals surface area contributed by atoms with Gasteiger partial charge in [0.2, 0.25) is 5.95 Å². The number of ether oxygens (including phenoxy) is 1. The monoisotopic (exact) mass is 455 g/mol. The van der Waals surface area contributed by atoms with Crippen molar-refractivity contribution in [3.05, 3.63) is 57.7 Å². The molecule has 1 aliphatic heterocycles. The summed E-state index contributed by atoms with van der Waals surface area (Å²) < 4.78 is 7.68. The molecule has 9 heteroatoms. The molecule has 4 aromatic rings. The van der Waals surface area contributed by atoms with Crippen LogP contribution in [-0.4, -0.2) is 46.1 Å². The normalized spacial score (nSPS) is 14.4. The van der Waals surface area contributed by atoms with E-state index in [1.54, 1.807) is 34.4 Å². The van der Waals surface area contributed by atoms with E-state index in [-0.39, 0.29) is 0 Å². The summed E-state index contributed by atoms with van der Waals surface area (Å²) in [5.74, 6) is 1.64. The molecule has 0 unspecified atom stereocenters. The molecule has 3 aromatic heterocycles. The van der Waals surface area contributed by atoms with Gasteiger partial charge in [-0.3, -0.25) is 4.57 Å². The van der Waals surface area contributed by atoms with Gasteiger partial charge in [-0.2, -0.15) is 11.3 Å². The Balaban J connectivity index is 1.42. The van der Waals surface area contributed by atoms with E-state index in [4.69, 9.17) is 9.72 Å². The van der Waals surface area contributed by atoms with Gasteiger partial charge in [0.25, 0.3) is 0 Å². The van der Waals surface area contributed by atoms with Crippen LogP contribution in [0.4, 0.5) is 5.95 Å². The van der Waals surface area contributed by atoms with Crippen molar-refractivity contribution in [1.82, 2.24) is 19.7 Å². The van der Waals surface area contributed by atoms with Gasteiger partial charge < -0.3 is 9.64 Å². The molecule has 1 aliphatic rings. The van der Waals surface area contributed by atoms with Gasteiger partial charge in [0.05, 0.1) is 24.6 Å². The van der Waals surface area contributed by atoms with Crippen LogP contribution in [-0.2, 0) is 10.5 Å². The van der Waals surface area contributed by atoms with Crippen molar-refractivity contribution in [3.63, 3.8) is 0 Å². The van der Waals surface area contributed by atoms with Gasteiger partial charge >= 0.3 is 0 Å². The van der Waals surface area contributed by atoms with Crippen LogP contribution in [0.2, 0.25) is 0 Å². The Hall–Kier alpha value is -2.20. The molecule has 0 atom stereocenters. The van der Waals surface area contributed by atoms with E-state index in [9.17, 15) is 0 Å². The van der Waals surface area contributed by atoms with Gasteiger partial charge in [-0.15, -0.1) is 21.5 Å². The number of aryl methyl sites for hydroxylation is 1. The summed E-state index contributed by atoms with van der Waals surface area (Å²) in [7, 11) is 0. The van der Waals surface area contributed by atoms with Crippen LogP contribution >= 0.6 is 34.4 Å². The van der Waals surface area contributed by atoms with Gasteiger partial charge in [0.1, 0.15) is 5.01 Å². The molecular formula is C21H21N5OS3. The zero-order valence-electron chi connectivity index (χ0n) is 16.5. The first kappa shape index (κ1) is 19.7. The molecule has 154 valence electrons. The number of anilines is 1. The number of thioether (sulfide) groups is 1. The summed E-state index contributed by atoms with van der Waals surface area (Å²) in [6, 6.07) is 10.6. The van der Waals surface area contributed by atoms with Crippen LogP contribution in [0.3, 0.4) is 0 Å². The molecule has 0 amide bonds. The topological polar surface area (TPSA) is 56.1 Å². The number of benzene rings is 1. The van der Waals surface area contributed by atoms with Crippen LogP contribution in [0, 0.1) is 6.92 Å². The summed E-state index contributed by atoms with van der Waals surface area (Å²) in [5.41, 5.74) is 4.56. The van der Waals surface area contributed by atoms with Gasteiger partial charge in [-0.05, 0) is 36.1 Å². The quantitative estimate of drug-likeness (QED) is 0.386. The van der Waals surface area contributed by atoms with Gasteiger partial charge in [0.15, 0.2) is 5.16 Å². The summed E-state index contributed by atoms with van der Waals surface area (Å²) in [4.78, 5) is 7.05. The minimum Gasteiger partial charge on any atom is -0.378 e. The maximum absolute atomic E-state index is 5.52. The van der Waals surface area contributed by atoms with Crippen LogP contribution in [0.25, 0.3) is 16.3 Å². The lowest BCUT2D eigenvalue weighted by Crippen LogP contribution is -2.37. The molecule has 5 rings (SSSR count). The Labute approximate surface area is 187 Å². The Morgan fingerprint density at radius 2 is 2.03 bits per heavy atom. The van der Waals surface area contributed by atoms with E-state index in [1.165, 1.54) is 11.1 Å². The van der Waals surface area contributed by atoms with E-state index < -0.39 is 0 Å². The zero-order valence-corrected chi connectivity index (χ0v) is 19.0. The number of nitrogens with zero attached hydrogens (tertiary/aromatic N) is 5. The van der Waals surface area contributed by atoms with E-state index in [0.717, 1.165) is 46.3 Å². The minimum absolute atomic E-state index is 0.716. The van der Waals surface area contributed by atoms with Crippen molar-refractivity contribution >= 4 is 40.4 Å². The van der Waals surface area contributed by atoms with Crippen molar-refractivity contribution in [2.45, 2.75) is 17.8 Å². The number of aromatic nitrogens is 4. The van der Waals surface area contributed by atoms with Gasteiger partial charge in [-0.25, -0.2) is 4.98 Å². The summed E-state index contributed by atoms with van der Waals surface area (Å²) in [6.45, 7) is 5.19. The fourth-order valence-electron chi connectivity index (χ4n) is 3.35. The third-order valence-corrected chi connectivity index (χ3v) is 7.43. The lowest BCUT2D eigenvalue weighted by atomic mass is 10.2. The zero-order chi connectivity index (χ0) is 20.3. The van der Waals surface area contributed by atoms with Crippen molar-refractivity contribution in [2.75, 3.05) is 31.2 Å². The van der Waals surface area contributed by atoms with Crippen LogP contribution in [0.5, 0.6) is 0 Å². The second kappa shape index (κ2) is 8.89. The smallest absolute Gasteiger partial charge is 0.232 e. The van der Waals surface area contributed by atoms with Crippen molar-refractivity contribution < 1.29 is 4.74 Å². The Morgan fingerprint density at radius 3 is 2.83 bits per heavy atom. The number of rotatable bonds is 6. The molecule has 30 heavy (non-hydrogen) atoms. The van der Waals surface area contributed by atoms with E-state index in [2.05, 4.69) is 73.1 Å². The highest BCUT2D eigenvalue weighted by atomic mass is 32.2. The third-order valence-electron chi connectivity index (χ3n) is 4.84. The number of thiazole rings is 1. The highest BCUT2D eigenvalue weighted by molar-refractivity contribution is 7.98. The predicted molar refractivity (Wildman–Crippen MR) is 124 cm³/mol. The fourth-order valence-corrected chi connectivity index (χ4v) is 5.82. The van der Waals surface area contributed by atoms with Crippen molar-refractivity contribution in [2.24, 2.45) is 0 Å². The maximum Gasteiger partial charge on any atom is 0.232 e. The average Bonchev–Trinajstić information content (AvgIpc) is 3.53. The van der Waals surface area contributed by atoms with Gasteiger partial charge in [-0.1, -0.05) is 23.9 Å². The molecule has 1 saturated heterocycles. The standard InChI is InChI=1S/C21H21N5OS3/c1-15-3-2-4-18(11-15)26-20(25-6-8-27-9-7-25)23-24-21(26)30-14-17-13-29-19(22-17)16-5-10-28-12-16/h2-5,10-13H,6-9,14H2,1H3. The molecule has 0 radical (unpaired) electrons. The van der Waals surface area contributed by atoms with Crippen LogP contribution in [0.15, 0.2) is 51.6 Å². The Kier molecular flexibility index (Phi) is 5.85. The molecular weight excluding hydrogens is 434 g/mol. The molecule has 1 aromatic carbocycles. The average molecular weight is 456 g/mol. The highest BCUT2D eigenvalue weighted by Crippen LogP contribution is 2.31. The molecule has 0 bridgehead atoms. The first-order valence-corrected chi connectivity index (χ1v) is 12.5. The van der Waals surface area contributed by atoms with Crippen LogP contribution in [0.1, 0.15) is 11.3 Å². The number of morpholine rings is 1.